The van der Waals surface area contributed by atoms with Crippen molar-refractivity contribution >= 4 is 5.91 Å². The summed E-state index contributed by atoms with van der Waals surface area (Å²) in [6, 6.07) is 21.8. The minimum absolute atomic E-state index is 0.101. The van der Waals surface area contributed by atoms with Crippen LogP contribution in [0.5, 0.6) is 0 Å². The van der Waals surface area contributed by atoms with Gasteiger partial charge in [0.15, 0.2) is 0 Å². The third-order valence-corrected chi connectivity index (χ3v) is 8.23. The Morgan fingerprint density at radius 2 is 1.79 bits per heavy atom. The third kappa shape index (κ3) is 7.33. The van der Waals surface area contributed by atoms with Gasteiger partial charge in [-0.1, -0.05) is 36.4 Å². The van der Waals surface area contributed by atoms with E-state index in [0.717, 1.165) is 48.3 Å². The number of benzene rings is 3. The lowest BCUT2D eigenvalue weighted by Crippen LogP contribution is -2.48. The molecule has 3 aromatic carbocycles. The number of rotatable bonds is 8. The maximum atomic E-state index is 14.9. The largest absolute Gasteiger partial charge is 0.348 e. The quantitative estimate of drug-likeness (QED) is 0.387. The second-order valence-corrected chi connectivity index (χ2v) is 11.8. The van der Waals surface area contributed by atoms with E-state index in [4.69, 9.17) is 0 Å². The molecule has 5 rings (SSSR count). The van der Waals surface area contributed by atoms with Crippen molar-refractivity contribution in [3.05, 3.63) is 94.8 Å². The van der Waals surface area contributed by atoms with Gasteiger partial charge in [-0.15, -0.1) is 0 Å². The fourth-order valence-electron chi connectivity index (χ4n) is 6.12. The summed E-state index contributed by atoms with van der Waals surface area (Å²) in [5.74, 6) is -0.351. The average Bonchev–Trinajstić information content (AvgIpc) is 2.93. The smallest absolute Gasteiger partial charge is 0.251 e. The number of hydrogen-bond acceptors (Lipinski definition) is 3. The molecule has 2 N–H and O–H groups in total. The Balaban J connectivity index is 1.23. The van der Waals surface area contributed by atoms with E-state index in [2.05, 4.69) is 47.7 Å². The Labute approximate surface area is 232 Å². The predicted octanol–water partition coefficient (Wildman–Crippen LogP) is 5.35. The summed E-state index contributed by atoms with van der Waals surface area (Å²) >= 11 is 0. The van der Waals surface area contributed by atoms with Gasteiger partial charge in [-0.25, -0.2) is 4.39 Å². The minimum Gasteiger partial charge on any atom is -0.348 e. The molecule has 6 heteroatoms. The molecule has 1 amide bonds. The first-order valence-corrected chi connectivity index (χ1v) is 14.4. The zero-order valence-electron chi connectivity index (χ0n) is 23.4. The third-order valence-electron chi connectivity index (χ3n) is 8.23. The molecular formula is C33H42FN4O+. The molecule has 2 aliphatic heterocycles. The van der Waals surface area contributed by atoms with E-state index in [1.165, 1.54) is 49.5 Å². The molecule has 39 heavy (non-hydrogen) atoms. The van der Waals surface area contributed by atoms with Crippen LogP contribution >= 0.6 is 0 Å². The van der Waals surface area contributed by atoms with Crippen LogP contribution in [0, 0.1) is 5.82 Å². The van der Waals surface area contributed by atoms with Gasteiger partial charge in [-0.2, -0.15) is 0 Å². The number of nitrogens with one attached hydrogen (secondary N) is 2. The first-order chi connectivity index (χ1) is 18.9. The van der Waals surface area contributed by atoms with E-state index < -0.39 is 0 Å². The highest BCUT2D eigenvalue weighted by atomic mass is 19.1. The van der Waals surface area contributed by atoms with Crippen LogP contribution in [-0.4, -0.2) is 61.1 Å². The SMILES string of the molecule is C[C@H]1CN(Cc2cccc(-c3cc(CNC(=O)c4cccc(C[N+]5(C)CCCCC5)c4)ccc3F)c2)CCN1. The van der Waals surface area contributed by atoms with Crippen molar-refractivity contribution in [3.63, 3.8) is 0 Å². The van der Waals surface area contributed by atoms with E-state index in [1.54, 1.807) is 6.07 Å². The van der Waals surface area contributed by atoms with Crippen LogP contribution in [0.2, 0.25) is 0 Å². The second-order valence-electron chi connectivity index (χ2n) is 11.8. The molecule has 0 saturated carbocycles. The second kappa shape index (κ2) is 12.4. The molecule has 0 radical (unpaired) electrons. The van der Waals surface area contributed by atoms with Crippen molar-refractivity contribution in [1.82, 2.24) is 15.5 Å². The molecular weight excluding hydrogens is 487 g/mol. The molecule has 5 nitrogen and oxygen atoms in total. The fourth-order valence-corrected chi connectivity index (χ4v) is 6.12. The van der Waals surface area contributed by atoms with Gasteiger partial charge in [-0.3, -0.25) is 9.69 Å². The molecule has 0 unspecified atom stereocenters. The van der Waals surface area contributed by atoms with Crippen LogP contribution in [0.4, 0.5) is 4.39 Å². The number of halogens is 1. The summed E-state index contributed by atoms with van der Waals surface area (Å²) < 4.78 is 16.0. The lowest BCUT2D eigenvalue weighted by Gasteiger charge is -2.37. The standard InChI is InChI=1S/C33H41FN4O/c1-25-22-37(15-14-35-25)23-27-8-6-10-29(18-27)31-20-26(12-13-32(31)34)21-36-33(39)30-11-7-9-28(19-30)24-38(2)16-4-3-5-17-38/h6-13,18-20,25,35H,3-5,14-17,21-24H2,1-2H3/p+1/t25-/m0/s1. The lowest BCUT2D eigenvalue weighted by atomic mass is 10.00. The van der Waals surface area contributed by atoms with E-state index in [1.807, 2.05) is 36.4 Å². The number of likely N-dealkylation sites (tertiary alicyclic amines) is 1. The van der Waals surface area contributed by atoms with Crippen LogP contribution in [0.25, 0.3) is 11.1 Å². The first kappa shape index (κ1) is 27.5. The van der Waals surface area contributed by atoms with Gasteiger partial charge in [0.1, 0.15) is 12.4 Å². The van der Waals surface area contributed by atoms with E-state index in [9.17, 15) is 9.18 Å². The van der Waals surface area contributed by atoms with E-state index >= 15 is 0 Å². The van der Waals surface area contributed by atoms with Gasteiger partial charge >= 0.3 is 0 Å². The van der Waals surface area contributed by atoms with Crippen LogP contribution < -0.4 is 10.6 Å². The van der Waals surface area contributed by atoms with Crippen LogP contribution in [-0.2, 0) is 19.6 Å². The van der Waals surface area contributed by atoms with Gasteiger partial charge < -0.3 is 15.1 Å². The van der Waals surface area contributed by atoms with Crippen molar-refractivity contribution < 1.29 is 13.7 Å². The topological polar surface area (TPSA) is 44.4 Å². The minimum atomic E-state index is -0.250. The van der Waals surface area contributed by atoms with Crippen LogP contribution in [0.1, 0.15) is 53.2 Å². The molecule has 2 aliphatic rings. The number of quaternary nitrogens is 1. The Hall–Kier alpha value is -3.06. The summed E-state index contributed by atoms with van der Waals surface area (Å²) in [4.78, 5) is 15.5. The predicted molar refractivity (Wildman–Crippen MR) is 156 cm³/mol. The highest BCUT2D eigenvalue weighted by Crippen LogP contribution is 2.26. The summed E-state index contributed by atoms with van der Waals surface area (Å²) in [5.41, 5.74) is 5.37. The van der Waals surface area contributed by atoms with Gasteiger partial charge in [0.25, 0.3) is 5.91 Å². The molecule has 0 bridgehead atoms. The van der Waals surface area contributed by atoms with Crippen LogP contribution in [0.15, 0.2) is 66.7 Å². The van der Waals surface area contributed by atoms with E-state index in [0.29, 0.717) is 23.7 Å². The molecule has 3 aromatic rings. The molecule has 2 fully saturated rings. The van der Waals surface area contributed by atoms with Gasteiger partial charge in [0, 0.05) is 55.5 Å². The number of piperazine rings is 1. The first-order valence-electron chi connectivity index (χ1n) is 14.4. The average molecular weight is 530 g/mol. The fraction of sp³-hybridized carbons (Fsp3) is 0.424. The summed E-state index contributed by atoms with van der Waals surface area (Å²) in [5, 5.41) is 6.52. The zero-order chi connectivity index (χ0) is 27.2. The number of nitrogens with zero attached hydrogens (tertiary/aromatic N) is 2. The Kier molecular flexibility index (Phi) is 8.75. The lowest BCUT2D eigenvalue weighted by molar-refractivity contribution is -0.926. The van der Waals surface area contributed by atoms with E-state index in [-0.39, 0.29) is 11.7 Å². The van der Waals surface area contributed by atoms with Crippen molar-refractivity contribution in [1.29, 1.82) is 0 Å². The van der Waals surface area contributed by atoms with Gasteiger partial charge in [0.2, 0.25) is 0 Å². The van der Waals surface area contributed by atoms with Crippen molar-refractivity contribution in [2.45, 2.75) is 51.9 Å². The maximum absolute atomic E-state index is 14.9. The van der Waals surface area contributed by atoms with Crippen molar-refractivity contribution in [3.8, 4) is 11.1 Å². The Morgan fingerprint density at radius 3 is 2.62 bits per heavy atom. The van der Waals surface area contributed by atoms with Crippen molar-refractivity contribution in [2.24, 2.45) is 0 Å². The number of piperidine rings is 1. The normalized spacial score (nSPS) is 19.5. The molecule has 2 heterocycles. The molecule has 2 saturated heterocycles. The molecule has 0 aromatic heterocycles. The highest BCUT2D eigenvalue weighted by molar-refractivity contribution is 5.94. The molecule has 0 aliphatic carbocycles. The highest BCUT2D eigenvalue weighted by Gasteiger charge is 2.25. The number of carbonyl (C=O) groups excluding carboxylic acids is 1. The Bertz CT molecular complexity index is 1290. The summed E-state index contributed by atoms with van der Waals surface area (Å²) in [7, 11) is 2.32. The maximum Gasteiger partial charge on any atom is 0.251 e. The van der Waals surface area contributed by atoms with Gasteiger partial charge in [-0.05, 0) is 73.2 Å². The van der Waals surface area contributed by atoms with Crippen molar-refractivity contribution in [2.75, 3.05) is 39.8 Å². The number of amides is 1. The summed E-state index contributed by atoms with van der Waals surface area (Å²) in [6.45, 7) is 9.77. The Morgan fingerprint density at radius 1 is 1.00 bits per heavy atom. The zero-order valence-corrected chi connectivity index (χ0v) is 23.4. The number of hydrogen-bond donors (Lipinski definition) is 2. The molecule has 0 spiro atoms. The number of carbonyl (C=O) groups is 1. The monoisotopic (exact) mass is 529 g/mol. The summed E-state index contributed by atoms with van der Waals surface area (Å²) in [6.07, 6.45) is 3.87. The molecule has 206 valence electrons. The molecule has 1 atom stereocenters. The van der Waals surface area contributed by atoms with Crippen LogP contribution in [0.3, 0.4) is 0 Å². The van der Waals surface area contributed by atoms with Gasteiger partial charge in [0.05, 0.1) is 20.1 Å².